The summed E-state index contributed by atoms with van der Waals surface area (Å²) in [6.45, 7) is 2.94. The summed E-state index contributed by atoms with van der Waals surface area (Å²) in [7, 11) is -1.93. The maximum atomic E-state index is 12.7. The molecule has 2 aromatic rings. The molecule has 26 heavy (non-hydrogen) atoms. The zero-order valence-electron chi connectivity index (χ0n) is 15.2. The molecule has 1 fully saturated rings. The molecule has 1 aromatic heterocycles. The number of methoxy groups -OCH3 is 1. The molecule has 0 bridgehead atoms. The van der Waals surface area contributed by atoms with Crippen molar-refractivity contribution in [1.29, 1.82) is 0 Å². The third kappa shape index (κ3) is 4.16. The highest BCUT2D eigenvalue weighted by Crippen LogP contribution is 2.34. The predicted molar refractivity (Wildman–Crippen MR) is 103 cm³/mol. The van der Waals surface area contributed by atoms with Crippen molar-refractivity contribution < 1.29 is 13.2 Å². The molecule has 140 valence electrons. The highest BCUT2D eigenvalue weighted by atomic mass is 32.2. The quantitative estimate of drug-likeness (QED) is 0.842. The van der Waals surface area contributed by atoms with Crippen molar-refractivity contribution in [2.24, 2.45) is 0 Å². The van der Waals surface area contributed by atoms with Gasteiger partial charge in [-0.2, -0.15) is 12.7 Å². The number of benzene rings is 1. The van der Waals surface area contributed by atoms with Crippen LogP contribution in [0.15, 0.2) is 42.5 Å². The van der Waals surface area contributed by atoms with Crippen LogP contribution in [0, 0.1) is 0 Å². The summed E-state index contributed by atoms with van der Waals surface area (Å²) in [5.41, 5.74) is 2.01. The normalized spacial score (nSPS) is 16.4. The lowest BCUT2D eigenvalue weighted by Gasteiger charge is -2.31. The van der Waals surface area contributed by atoms with Crippen LogP contribution in [-0.2, 0) is 16.6 Å². The number of hydrogen-bond donors (Lipinski definition) is 1. The molecule has 0 amide bonds. The molecule has 1 N–H and O–H groups in total. The van der Waals surface area contributed by atoms with Gasteiger partial charge in [0.05, 0.1) is 7.11 Å². The van der Waals surface area contributed by atoms with Crippen molar-refractivity contribution >= 4 is 16.0 Å². The number of pyridine rings is 1. The number of aryl methyl sites for hydroxylation is 1. The van der Waals surface area contributed by atoms with Crippen LogP contribution in [0.4, 0.5) is 5.82 Å². The summed E-state index contributed by atoms with van der Waals surface area (Å²) < 4.78 is 34.9. The summed E-state index contributed by atoms with van der Waals surface area (Å²) in [5.74, 6) is 1.54. The predicted octanol–water partition coefficient (Wildman–Crippen LogP) is 3.19. The van der Waals surface area contributed by atoms with Gasteiger partial charge in [-0.25, -0.2) is 4.98 Å². The number of para-hydroxylation sites is 1. The number of piperidine rings is 1. The SMILES string of the molecule is CCc1cccc(NS(=O)(=O)N2CCC(c3ccccc3OC)CC2)n1. The van der Waals surface area contributed by atoms with Gasteiger partial charge in [0, 0.05) is 18.8 Å². The molecule has 2 heterocycles. The molecule has 6 nitrogen and oxygen atoms in total. The van der Waals surface area contributed by atoms with Gasteiger partial charge in [0.1, 0.15) is 11.6 Å². The van der Waals surface area contributed by atoms with Crippen LogP contribution in [0.5, 0.6) is 5.75 Å². The van der Waals surface area contributed by atoms with Crippen molar-refractivity contribution in [3.63, 3.8) is 0 Å². The van der Waals surface area contributed by atoms with Gasteiger partial charge in [0.15, 0.2) is 0 Å². The van der Waals surface area contributed by atoms with Gasteiger partial charge in [-0.3, -0.25) is 4.72 Å². The van der Waals surface area contributed by atoms with E-state index in [1.165, 1.54) is 4.31 Å². The zero-order chi connectivity index (χ0) is 18.6. The Balaban J connectivity index is 1.66. The molecule has 0 saturated carbocycles. The van der Waals surface area contributed by atoms with Gasteiger partial charge in [-0.15, -0.1) is 0 Å². The molecule has 0 radical (unpaired) electrons. The molecular formula is C19H25N3O3S. The first-order valence-electron chi connectivity index (χ1n) is 8.90. The van der Waals surface area contributed by atoms with E-state index in [1.54, 1.807) is 13.2 Å². The second kappa shape index (κ2) is 8.05. The summed E-state index contributed by atoms with van der Waals surface area (Å²) in [4.78, 5) is 4.32. The Bertz CT molecular complexity index is 847. The van der Waals surface area contributed by atoms with E-state index in [2.05, 4.69) is 15.8 Å². The first kappa shape index (κ1) is 18.7. The average molecular weight is 375 g/mol. The van der Waals surface area contributed by atoms with Gasteiger partial charge < -0.3 is 4.74 Å². The van der Waals surface area contributed by atoms with Gasteiger partial charge in [-0.1, -0.05) is 31.2 Å². The largest absolute Gasteiger partial charge is 0.496 e. The van der Waals surface area contributed by atoms with E-state index in [4.69, 9.17) is 4.74 Å². The van der Waals surface area contributed by atoms with Crippen LogP contribution in [0.25, 0.3) is 0 Å². The first-order chi connectivity index (χ1) is 12.5. The van der Waals surface area contributed by atoms with Crippen molar-refractivity contribution in [3.8, 4) is 5.75 Å². The van der Waals surface area contributed by atoms with E-state index in [0.29, 0.717) is 24.8 Å². The fraction of sp³-hybridized carbons (Fsp3) is 0.421. The van der Waals surface area contributed by atoms with Crippen LogP contribution in [-0.4, -0.2) is 37.9 Å². The van der Waals surface area contributed by atoms with Gasteiger partial charge in [-0.05, 0) is 48.9 Å². The smallest absolute Gasteiger partial charge is 0.302 e. The second-order valence-corrected chi connectivity index (χ2v) is 8.06. The van der Waals surface area contributed by atoms with E-state index < -0.39 is 10.2 Å². The highest BCUT2D eigenvalue weighted by Gasteiger charge is 2.30. The maximum Gasteiger partial charge on any atom is 0.302 e. The van der Waals surface area contributed by atoms with E-state index >= 15 is 0 Å². The Labute approximate surface area is 155 Å². The Kier molecular flexibility index (Phi) is 5.78. The van der Waals surface area contributed by atoms with Crippen LogP contribution in [0.3, 0.4) is 0 Å². The molecule has 3 rings (SSSR count). The standard InChI is InChI=1S/C19H25N3O3S/c1-3-16-7-6-10-19(20-16)21-26(23,24)22-13-11-15(12-14-22)17-8-4-5-9-18(17)25-2/h4-10,15H,3,11-14H2,1-2H3,(H,20,21). The van der Waals surface area contributed by atoms with Crippen LogP contribution in [0.1, 0.15) is 36.9 Å². The zero-order valence-corrected chi connectivity index (χ0v) is 16.0. The molecule has 7 heteroatoms. The van der Waals surface area contributed by atoms with Crippen molar-refractivity contribution in [2.45, 2.75) is 32.1 Å². The van der Waals surface area contributed by atoms with Crippen molar-refractivity contribution in [1.82, 2.24) is 9.29 Å². The van der Waals surface area contributed by atoms with E-state index in [-0.39, 0.29) is 0 Å². The Morgan fingerprint density at radius 2 is 1.88 bits per heavy atom. The highest BCUT2D eigenvalue weighted by molar-refractivity contribution is 7.90. The van der Waals surface area contributed by atoms with E-state index in [0.717, 1.165) is 36.3 Å². The van der Waals surface area contributed by atoms with Crippen LogP contribution in [0.2, 0.25) is 0 Å². The molecule has 1 aliphatic rings. The van der Waals surface area contributed by atoms with Crippen LogP contribution < -0.4 is 9.46 Å². The fourth-order valence-corrected chi connectivity index (χ4v) is 4.54. The monoisotopic (exact) mass is 375 g/mol. The minimum absolute atomic E-state index is 0.305. The van der Waals surface area contributed by atoms with Crippen molar-refractivity contribution in [3.05, 3.63) is 53.7 Å². The number of anilines is 1. The number of ether oxygens (including phenoxy) is 1. The lowest BCUT2D eigenvalue weighted by Crippen LogP contribution is -2.41. The minimum atomic E-state index is -3.59. The fourth-order valence-electron chi connectivity index (χ4n) is 3.34. The van der Waals surface area contributed by atoms with E-state index in [1.807, 2.05) is 37.3 Å². The van der Waals surface area contributed by atoms with Crippen LogP contribution >= 0.6 is 0 Å². The lowest BCUT2D eigenvalue weighted by atomic mass is 9.89. The molecular weight excluding hydrogens is 350 g/mol. The molecule has 1 aromatic carbocycles. The minimum Gasteiger partial charge on any atom is -0.496 e. The Morgan fingerprint density at radius 3 is 2.58 bits per heavy atom. The number of nitrogens with zero attached hydrogens (tertiary/aromatic N) is 2. The summed E-state index contributed by atoms with van der Waals surface area (Å²) in [6, 6.07) is 13.3. The molecule has 0 unspecified atom stereocenters. The molecule has 1 aliphatic heterocycles. The summed E-state index contributed by atoms with van der Waals surface area (Å²) in [6.07, 6.45) is 2.30. The maximum absolute atomic E-state index is 12.7. The lowest BCUT2D eigenvalue weighted by molar-refractivity contribution is 0.314. The first-order valence-corrected chi connectivity index (χ1v) is 10.3. The molecule has 0 spiro atoms. The molecule has 0 aliphatic carbocycles. The number of nitrogens with one attached hydrogen (secondary N) is 1. The third-order valence-corrected chi connectivity index (χ3v) is 6.29. The Hall–Kier alpha value is -2.12. The second-order valence-electron chi connectivity index (χ2n) is 6.39. The summed E-state index contributed by atoms with van der Waals surface area (Å²) in [5, 5.41) is 0. The third-order valence-electron chi connectivity index (χ3n) is 4.78. The number of hydrogen-bond acceptors (Lipinski definition) is 4. The van der Waals surface area contributed by atoms with Gasteiger partial charge >= 0.3 is 10.2 Å². The van der Waals surface area contributed by atoms with Gasteiger partial charge in [0.25, 0.3) is 0 Å². The van der Waals surface area contributed by atoms with Gasteiger partial charge in [0.2, 0.25) is 0 Å². The molecule has 0 atom stereocenters. The van der Waals surface area contributed by atoms with E-state index in [9.17, 15) is 8.42 Å². The topological polar surface area (TPSA) is 71.5 Å². The van der Waals surface area contributed by atoms with Crippen molar-refractivity contribution in [2.75, 3.05) is 24.9 Å². The number of aromatic nitrogens is 1. The average Bonchev–Trinajstić information content (AvgIpc) is 2.68. The number of rotatable bonds is 6. The summed E-state index contributed by atoms with van der Waals surface area (Å²) >= 11 is 0. The molecule has 1 saturated heterocycles. The Morgan fingerprint density at radius 1 is 1.15 bits per heavy atom.